The maximum atomic E-state index is 8.48. The summed E-state index contributed by atoms with van der Waals surface area (Å²) in [5.74, 6) is 0.215. The topological polar surface area (TPSA) is 36.7 Å². The summed E-state index contributed by atoms with van der Waals surface area (Å²) in [6.07, 6.45) is 0.517. The maximum absolute atomic E-state index is 8.48. The Balaban J connectivity index is 2.82. The Morgan fingerprint density at radius 3 is 3.00 bits per heavy atom. The predicted octanol–water partition coefficient (Wildman–Crippen LogP) is 2.86. The number of halogens is 1. The second-order valence-corrected chi connectivity index (χ2v) is 3.46. The van der Waals surface area contributed by atoms with E-state index in [0.717, 1.165) is 10.3 Å². The lowest BCUT2D eigenvalue weighted by Gasteiger charge is -2.05. The van der Waals surface area contributed by atoms with Crippen LogP contribution in [0.4, 0.5) is 0 Å². The van der Waals surface area contributed by atoms with Crippen LogP contribution >= 0.6 is 15.9 Å². The molecule has 0 aliphatic heterocycles. The molecule has 2 nitrogen and oxygen atoms in total. The number of nitrogens with zero attached hydrogens (tertiary/aromatic N) is 2. The van der Waals surface area contributed by atoms with Crippen molar-refractivity contribution < 1.29 is 0 Å². The first-order valence-corrected chi connectivity index (χ1v) is 4.52. The van der Waals surface area contributed by atoms with E-state index >= 15 is 0 Å². The molecule has 62 valence electrons. The van der Waals surface area contributed by atoms with Crippen molar-refractivity contribution >= 4 is 15.9 Å². The van der Waals surface area contributed by atoms with Gasteiger partial charge in [0.2, 0.25) is 0 Å². The molecule has 3 heteroatoms. The largest absolute Gasteiger partial charge is 0.246 e. The second kappa shape index (κ2) is 4.22. The minimum atomic E-state index is 0.215. The van der Waals surface area contributed by atoms with Crippen molar-refractivity contribution in [3.8, 4) is 6.07 Å². The summed E-state index contributed by atoms with van der Waals surface area (Å²) in [5, 5.41) is 8.48. The van der Waals surface area contributed by atoms with E-state index in [1.807, 2.05) is 25.1 Å². The van der Waals surface area contributed by atoms with Crippen LogP contribution in [0.15, 0.2) is 22.8 Å². The molecule has 0 amide bonds. The maximum Gasteiger partial charge on any atom is 0.106 e. The van der Waals surface area contributed by atoms with Crippen molar-refractivity contribution in [2.45, 2.75) is 19.3 Å². The Kier molecular flexibility index (Phi) is 3.24. The monoisotopic (exact) mass is 224 g/mol. The van der Waals surface area contributed by atoms with Gasteiger partial charge in [-0.2, -0.15) is 5.26 Å². The molecule has 12 heavy (non-hydrogen) atoms. The molecule has 0 spiro atoms. The van der Waals surface area contributed by atoms with Crippen molar-refractivity contribution in [3.05, 3.63) is 28.5 Å². The van der Waals surface area contributed by atoms with Crippen LogP contribution in [0.5, 0.6) is 0 Å². The van der Waals surface area contributed by atoms with Crippen molar-refractivity contribution in [2.75, 3.05) is 0 Å². The highest BCUT2D eigenvalue weighted by molar-refractivity contribution is 9.10. The summed E-state index contributed by atoms with van der Waals surface area (Å²) >= 11 is 3.29. The van der Waals surface area contributed by atoms with Gasteiger partial charge in [0.25, 0.3) is 0 Å². The molecule has 0 aromatic carbocycles. The average molecular weight is 225 g/mol. The highest BCUT2D eigenvalue weighted by atomic mass is 79.9. The Hall–Kier alpha value is -0.880. The lowest BCUT2D eigenvalue weighted by atomic mass is 10.0. The Bertz CT molecular complexity index is 304. The molecule has 0 saturated carbocycles. The van der Waals surface area contributed by atoms with Crippen LogP contribution in [-0.2, 0) is 0 Å². The van der Waals surface area contributed by atoms with Crippen molar-refractivity contribution in [1.82, 2.24) is 4.98 Å². The van der Waals surface area contributed by atoms with Crippen LogP contribution in [0, 0.1) is 11.3 Å². The molecule has 0 aliphatic carbocycles. The van der Waals surface area contributed by atoms with E-state index in [4.69, 9.17) is 5.26 Å². The van der Waals surface area contributed by atoms with Crippen LogP contribution in [-0.4, -0.2) is 4.98 Å². The summed E-state index contributed by atoms with van der Waals surface area (Å²) in [6, 6.07) is 7.88. The van der Waals surface area contributed by atoms with Crippen molar-refractivity contribution in [1.29, 1.82) is 5.26 Å². The normalized spacial score (nSPS) is 12.1. The first-order chi connectivity index (χ1) is 5.74. The van der Waals surface area contributed by atoms with E-state index in [9.17, 15) is 0 Å². The number of hydrogen-bond donors (Lipinski definition) is 0. The smallest absolute Gasteiger partial charge is 0.106 e. The average Bonchev–Trinajstić information content (AvgIpc) is 2.05. The minimum Gasteiger partial charge on any atom is -0.246 e. The highest BCUT2D eigenvalue weighted by Crippen LogP contribution is 2.17. The molecular formula is C9H9BrN2. The van der Waals surface area contributed by atoms with Gasteiger partial charge < -0.3 is 0 Å². The minimum absolute atomic E-state index is 0.215. The van der Waals surface area contributed by atoms with Gasteiger partial charge in [-0.15, -0.1) is 0 Å². The van der Waals surface area contributed by atoms with E-state index < -0.39 is 0 Å². The standard InChI is InChI=1S/C9H9BrN2/c1-7(5-6-11)8-3-2-4-9(10)12-8/h2-4,7H,5H2,1H3. The van der Waals surface area contributed by atoms with Gasteiger partial charge in [0.05, 0.1) is 6.07 Å². The lowest BCUT2D eigenvalue weighted by Crippen LogP contribution is -1.95. The lowest BCUT2D eigenvalue weighted by molar-refractivity contribution is 0.754. The van der Waals surface area contributed by atoms with E-state index in [1.54, 1.807) is 0 Å². The third kappa shape index (κ3) is 2.31. The fraction of sp³-hybridized carbons (Fsp3) is 0.333. The van der Waals surface area contributed by atoms with Crippen molar-refractivity contribution in [3.63, 3.8) is 0 Å². The fourth-order valence-corrected chi connectivity index (χ4v) is 1.30. The zero-order valence-corrected chi connectivity index (χ0v) is 8.37. The molecular weight excluding hydrogens is 216 g/mol. The van der Waals surface area contributed by atoms with Gasteiger partial charge >= 0.3 is 0 Å². The number of aromatic nitrogens is 1. The van der Waals surface area contributed by atoms with Crippen LogP contribution in [0.1, 0.15) is 25.0 Å². The summed E-state index contributed by atoms with van der Waals surface area (Å²) < 4.78 is 0.824. The SMILES string of the molecule is CC(CC#N)c1cccc(Br)n1. The summed E-state index contributed by atoms with van der Waals surface area (Å²) in [4.78, 5) is 4.26. The van der Waals surface area contributed by atoms with Crippen LogP contribution in [0.2, 0.25) is 0 Å². The summed E-state index contributed by atoms with van der Waals surface area (Å²) in [6.45, 7) is 2.00. The summed E-state index contributed by atoms with van der Waals surface area (Å²) in [7, 11) is 0. The molecule has 0 N–H and O–H groups in total. The quantitative estimate of drug-likeness (QED) is 0.725. The van der Waals surface area contributed by atoms with Gasteiger partial charge in [-0.25, -0.2) is 4.98 Å². The first kappa shape index (κ1) is 9.21. The van der Waals surface area contributed by atoms with Crippen LogP contribution in [0.3, 0.4) is 0 Å². The van der Waals surface area contributed by atoms with E-state index in [2.05, 4.69) is 27.0 Å². The first-order valence-electron chi connectivity index (χ1n) is 3.73. The number of rotatable bonds is 2. The van der Waals surface area contributed by atoms with Crippen LogP contribution < -0.4 is 0 Å². The molecule has 0 bridgehead atoms. The number of nitriles is 1. The number of hydrogen-bond acceptors (Lipinski definition) is 2. The van der Waals surface area contributed by atoms with E-state index in [1.165, 1.54) is 0 Å². The fourth-order valence-electron chi connectivity index (χ4n) is 0.940. The van der Waals surface area contributed by atoms with E-state index in [0.29, 0.717) is 6.42 Å². The van der Waals surface area contributed by atoms with Crippen LogP contribution in [0.25, 0.3) is 0 Å². The Morgan fingerprint density at radius 2 is 2.42 bits per heavy atom. The highest BCUT2D eigenvalue weighted by Gasteiger charge is 2.05. The molecule has 0 radical (unpaired) electrons. The van der Waals surface area contributed by atoms with Gasteiger partial charge in [0.1, 0.15) is 4.60 Å². The number of pyridine rings is 1. The van der Waals surface area contributed by atoms with Gasteiger partial charge in [0.15, 0.2) is 0 Å². The molecule has 0 saturated heterocycles. The molecule has 0 fully saturated rings. The molecule has 1 unspecified atom stereocenters. The van der Waals surface area contributed by atoms with Gasteiger partial charge in [-0.1, -0.05) is 13.0 Å². The van der Waals surface area contributed by atoms with Gasteiger partial charge in [-0.05, 0) is 28.1 Å². The molecule has 1 heterocycles. The van der Waals surface area contributed by atoms with Gasteiger partial charge in [0, 0.05) is 18.0 Å². The summed E-state index contributed by atoms with van der Waals surface area (Å²) in [5.41, 5.74) is 0.964. The predicted molar refractivity (Wildman–Crippen MR) is 50.6 cm³/mol. The molecule has 1 rings (SSSR count). The van der Waals surface area contributed by atoms with E-state index in [-0.39, 0.29) is 5.92 Å². The second-order valence-electron chi connectivity index (χ2n) is 2.65. The Morgan fingerprint density at radius 1 is 1.67 bits per heavy atom. The Labute approximate surface area is 80.4 Å². The van der Waals surface area contributed by atoms with Crippen molar-refractivity contribution in [2.24, 2.45) is 0 Å². The zero-order valence-electron chi connectivity index (χ0n) is 6.79. The molecule has 0 aliphatic rings. The third-order valence-corrected chi connectivity index (χ3v) is 2.08. The molecule has 1 aromatic heterocycles. The molecule has 1 aromatic rings. The van der Waals surface area contributed by atoms with Gasteiger partial charge in [-0.3, -0.25) is 0 Å². The third-order valence-electron chi connectivity index (χ3n) is 1.64. The zero-order chi connectivity index (χ0) is 8.97. The molecule has 1 atom stereocenters.